The standard InChI is InChI=1S/C16H16N2O/c1-12-6-5-9-14-15(12)17-18(16(14)19)11-10-13-7-3-2-4-8-13/h2-9,17H,10-11H2,1H3. The molecule has 3 rings (SSSR count). The molecule has 0 bridgehead atoms. The quantitative estimate of drug-likeness (QED) is 0.764. The van der Waals surface area contributed by atoms with Crippen LogP contribution in [0.2, 0.25) is 0 Å². The molecule has 0 aliphatic heterocycles. The van der Waals surface area contributed by atoms with Crippen molar-refractivity contribution in [3.8, 4) is 0 Å². The molecule has 19 heavy (non-hydrogen) atoms. The van der Waals surface area contributed by atoms with E-state index in [-0.39, 0.29) is 5.56 Å². The average molecular weight is 252 g/mol. The molecule has 96 valence electrons. The van der Waals surface area contributed by atoms with Gasteiger partial charge in [0.25, 0.3) is 5.56 Å². The second-order valence-electron chi connectivity index (χ2n) is 4.80. The average Bonchev–Trinajstić information content (AvgIpc) is 2.77. The molecular formula is C16H16N2O. The summed E-state index contributed by atoms with van der Waals surface area (Å²) in [5.41, 5.74) is 3.35. The second-order valence-corrected chi connectivity index (χ2v) is 4.80. The van der Waals surface area contributed by atoms with Gasteiger partial charge in [0.1, 0.15) is 0 Å². The van der Waals surface area contributed by atoms with Crippen LogP contribution in [-0.2, 0) is 13.0 Å². The number of rotatable bonds is 3. The maximum atomic E-state index is 12.2. The Hall–Kier alpha value is -2.29. The second kappa shape index (κ2) is 4.76. The van der Waals surface area contributed by atoms with Crippen LogP contribution in [0, 0.1) is 6.92 Å². The maximum absolute atomic E-state index is 12.2. The Morgan fingerprint density at radius 2 is 1.84 bits per heavy atom. The van der Waals surface area contributed by atoms with Gasteiger partial charge in [0.2, 0.25) is 0 Å². The number of H-pyrrole nitrogens is 1. The van der Waals surface area contributed by atoms with E-state index in [4.69, 9.17) is 0 Å². The predicted octanol–water partition coefficient (Wildman–Crippen LogP) is 2.88. The minimum atomic E-state index is 0.0645. The third-order valence-corrected chi connectivity index (χ3v) is 3.46. The molecule has 0 aliphatic rings. The lowest BCUT2D eigenvalue weighted by molar-refractivity contribution is 0.602. The normalized spacial score (nSPS) is 11.0. The Bertz CT molecular complexity index is 753. The lowest BCUT2D eigenvalue weighted by atomic mass is 10.1. The molecule has 1 N–H and O–H groups in total. The molecule has 0 atom stereocenters. The Balaban J connectivity index is 1.92. The van der Waals surface area contributed by atoms with Gasteiger partial charge >= 0.3 is 0 Å². The van der Waals surface area contributed by atoms with Gasteiger partial charge in [0.15, 0.2) is 0 Å². The number of hydrogen-bond acceptors (Lipinski definition) is 1. The summed E-state index contributed by atoms with van der Waals surface area (Å²) in [4.78, 5) is 12.2. The van der Waals surface area contributed by atoms with Crippen molar-refractivity contribution in [1.82, 2.24) is 9.78 Å². The maximum Gasteiger partial charge on any atom is 0.274 e. The Morgan fingerprint density at radius 1 is 1.05 bits per heavy atom. The first-order chi connectivity index (χ1) is 9.25. The van der Waals surface area contributed by atoms with E-state index in [1.807, 2.05) is 43.3 Å². The minimum Gasteiger partial charge on any atom is -0.295 e. The van der Waals surface area contributed by atoms with Gasteiger partial charge in [-0.05, 0) is 30.5 Å². The van der Waals surface area contributed by atoms with Gasteiger partial charge in [-0.25, -0.2) is 0 Å². The zero-order valence-electron chi connectivity index (χ0n) is 10.9. The predicted molar refractivity (Wildman–Crippen MR) is 77.4 cm³/mol. The number of nitrogens with one attached hydrogen (secondary N) is 1. The van der Waals surface area contributed by atoms with Crippen molar-refractivity contribution in [2.24, 2.45) is 0 Å². The highest BCUT2D eigenvalue weighted by Gasteiger charge is 2.07. The van der Waals surface area contributed by atoms with E-state index in [1.165, 1.54) is 5.56 Å². The molecule has 0 spiro atoms. The summed E-state index contributed by atoms with van der Waals surface area (Å²) in [5.74, 6) is 0. The van der Waals surface area contributed by atoms with Gasteiger partial charge in [0.05, 0.1) is 10.9 Å². The minimum absolute atomic E-state index is 0.0645. The zero-order valence-corrected chi connectivity index (χ0v) is 10.9. The molecule has 0 radical (unpaired) electrons. The van der Waals surface area contributed by atoms with E-state index < -0.39 is 0 Å². The van der Waals surface area contributed by atoms with Crippen LogP contribution in [0.4, 0.5) is 0 Å². The largest absolute Gasteiger partial charge is 0.295 e. The molecule has 3 aromatic rings. The van der Waals surface area contributed by atoms with Crippen LogP contribution in [0.25, 0.3) is 10.9 Å². The van der Waals surface area contributed by atoms with E-state index in [0.29, 0.717) is 6.54 Å². The number of fused-ring (bicyclic) bond motifs is 1. The van der Waals surface area contributed by atoms with E-state index in [1.54, 1.807) is 4.68 Å². The first kappa shape index (κ1) is 11.8. The molecule has 3 nitrogen and oxygen atoms in total. The topological polar surface area (TPSA) is 37.8 Å². The smallest absolute Gasteiger partial charge is 0.274 e. The third kappa shape index (κ3) is 2.19. The van der Waals surface area contributed by atoms with Crippen molar-refractivity contribution in [1.29, 1.82) is 0 Å². The van der Waals surface area contributed by atoms with Gasteiger partial charge in [-0.1, -0.05) is 42.5 Å². The van der Waals surface area contributed by atoms with Crippen LogP contribution in [0.3, 0.4) is 0 Å². The third-order valence-electron chi connectivity index (χ3n) is 3.46. The van der Waals surface area contributed by atoms with E-state index >= 15 is 0 Å². The van der Waals surface area contributed by atoms with Crippen LogP contribution < -0.4 is 5.56 Å². The van der Waals surface area contributed by atoms with Crippen molar-refractivity contribution in [3.63, 3.8) is 0 Å². The Morgan fingerprint density at radius 3 is 2.58 bits per heavy atom. The fourth-order valence-electron chi connectivity index (χ4n) is 2.37. The molecule has 0 saturated heterocycles. The van der Waals surface area contributed by atoms with Crippen molar-refractivity contribution < 1.29 is 0 Å². The van der Waals surface area contributed by atoms with Crippen LogP contribution in [0.1, 0.15) is 11.1 Å². The highest BCUT2D eigenvalue weighted by atomic mass is 16.1. The lowest BCUT2D eigenvalue weighted by Gasteiger charge is -2.01. The van der Waals surface area contributed by atoms with Gasteiger partial charge in [-0.15, -0.1) is 0 Å². The number of aryl methyl sites for hydroxylation is 3. The fraction of sp³-hybridized carbons (Fsp3) is 0.188. The molecule has 0 unspecified atom stereocenters. The number of aromatic nitrogens is 2. The van der Waals surface area contributed by atoms with E-state index in [2.05, 4.69) is 17.2 Å². The van der Waals surface area contributed by atoms with Crippen LogP contribution >= 0.6 is 0 Å². The fourth-order valence-corrected chi connectivity index (χ4v) is 2.37. The lowest BCUT2D eigenvalue weighted by Crippen LogP contribution is -2.17. The number of benzene rings is 2. The molecule has 1 heterocycles. The molecule has 2 aromatic carbocycles. The number of hydrogen-bond donors (Lipinski definition) is 1. The van der Waals surface area contributed by atoms with Crippen molar-refractivity contribution in [3.05, 3.63) is 70.0 Å². The molecular weight excluding hydrogens is 236 g/mol. The summed E-state index contributed by atoms with van der Waals surface area (Å²) in [6.45, 7) is 2.69. The Kier molecular flexibility index (Phi) is 2.95. The molecule has 0 fully saturated rings. The highest BCUT2D eigenvalue weighted by molar-refractivity contribution is 5.80. The zero-order chi connectivity index (χ0) is 13.2. The molecule has 0 aliphatic carbocycles. The summed E-state index contributed by atoms with van der Waals surface area (Å²) in [5, 5.41) is 3.98. The molecule has 0 saturated carbocycles. The summed E-state index contributed by atoms with van der Waals surface area (Å²) < 4.78 is 1.70. The monoisotopic (exact) mass is 252 g/mol. The van der Waals surface area contributed by atoms with Gasteiger partial charge in [-0.3, -0.25) is 14.6 Å². The number of para-hydroxylation sites is 1. The van der Waals surface area contributed by atoms with Crippen molar-refractivity contribution in [2.75, 3.05) is 0 Å². The molecule has 0 amide bonds. The van der Waals surface area contributed by atoms with Gasteiger partial charge in [-0.2, -0.15) is 0 Å². The molecule has 1 aromatic heterocycles. The van der Waals surface area contributed by atoms with E-state index in [0.717, 1.165) is 22.9 Å². The van der Waals surface area contributed by atoms with Gasteiger partial charge < -0.3 is 0 Å². The van der Waals surface area contributed by atoms with Crippen LogP contribution in [0.5, 0.6) is 0 Å². The SMILES string of the molecule is Cc1cccc2c(=O)n(CCc3ccccc3)[nH]c12. The summed E-state index contributed by atoms with van der Waals surface area (Å²) >= 11 is 0. The van der Waals surface area contributed by atoms with E-state index in [9.17, 15) is 4.79 Å². The number of nitrogens with zero attached hydrogens (tertiary/aromatic N) is 1. The highest BCUT2D eigenvalue weighted by Crippen LogP contribution is 2.12. The van der Waals surface area contributed by atoms with Crippen molar-refractivity contribution >= 4 is 10.9 Å². The number of aromatic amines is 1. The summed E-state index contributed by atoms with van der Waals surface area (Å²) in [6.07, 6.45) is 0.854. The summed E-state index contributed by atoms with van der Waals surface area (Å²) in [7, 11) is 0. The van der Waals surface area contributed by atoms with Crippen LogP contribution in [-0.4, -0.2) is 9.78 Å². The van der Waals surface area contributed by atoms with Crippen molar-refractivity contribution in [2.45, 2.75) is 19.9 Å². The molecule has 3 heteroatoms. The summed E-state index contributed by atoms with van der Waals surface area (Å²) in [6, 6.07) is 16.0. The first-order valence-corrected chi connectivity index (χ1v) is 6.48. The Labute approximate surface area is 111 Å². The first-order valence-electron chi connectivity index (χ1n) is 6.48. The van der Waals surface area contributed by atoms with Gasteiger partial charge in [0, 0.05) is 6.54 Å². The van der Waals surface area contributed by atoms with Crippen LogP contribution in [0.15, 0.2) is 53.3 Å².